The molecule has 1 atom stereocenters. The van der Waals surface area contributed by atoms with E-state index >= 15 is 0 Å². The van der Waals surface area contributed by atoms with Crippen LogP contribution in [-0.2, 0) is 14.6 Å². The van der Waals surface area contributed by atoms with Crippen LogP contribution in [0.1, 0.15) is 20.3 Å². The van der Waals surface area contributed by atoms with E-state index in [1.165, 1.54) is 0 Å². The number of rotatable bonds is 3. The molecule has 0 unspecified atom stereocenters. The van der Waals surface area contributed by atoms with Crippen LogP contribution in [0.15, 0.2) is 0 Å². The maximum atomic E-state index is 9.93. The molecule has 0 fully saturated rings. The zero-order valence-electron chi connectivity index (χ0n) is 5.36. The molecular weight excluding hydrogens is 144 g/mol. The Hall–Kier alpha value is -0.130. The fraction of sp³-hybridized carbons (Fsp3) is 1.00. The van der Waals surface area contributed by atoms with Crippen LogP contribution in [-0.4, -0.2) is 19.1 Å². The van der Waals surface area contributed by atoms with E-state index in [1.807, 2.05) is 0 Å². The van der Waals surface area contributed by atoms with Crippen molar-refractivity contribution in [3.05, 3.63) is 0 Å². The molecule has 0 aromatic rings. The third-order valence-corrected chi connectivity index (χ3v) is 1.43. The zero-order chi connectivity index (χ0) is 7.49. The molecule has 0 saturated carbocycles. The molecule has 0 aliphatic carbocycles. The standard InChI is InChI=1S/C4H10O4S/c1-3-4(2)8-9(5,6)7/h4H,3H2,1-2H3,(H,5,6,7)/t4-/m1/s1. The number of hydrogen-bond acceptors (Lipinski definition) is 3. The Kier molecular flexibility index (Phi) is 3.10. The van der Waals surface area contributed by atoms with E-state index in [4.69, 9.17) is 4.55 Å². The quantitative estimate of drug-likeness (QED) is 0.605. The van der Waals surface area contributed by atoms with E-state index in [2.05, 4.69) is 4.18 Å². The van der Waals surface area contributed by atoms with Gasteiger partial charge in [-0.15, -0.1) is 0 Å². The summed E-state index contributed by atoms with van der Waals surface area (Å²) in [4.78, 5) is 0. The molecule has 0 radical (unpaired) electrons. The lowest BCUT2D eigenvalue weighted by Crippen LogP contribution is -2.12. The van der Waals surface area contributed by atoms with Gasteiger partial charge in [-0.05, 0) is 13.3 Å². The third kappa shape index (κ3) is 5.75. The van der Waals surface area contributed by atoms with Crippen LogP contribution in [0.25, 0.3) is 0 Å². The summed E-state index contributed by atoms with van der Waals surface area (Å²) in [6.45, 7) is 3.32. The van der Waals surface area contributed by atoms with E-state index < -0.39 is 16.5 Å². The van der Waals surface area contributed by atoms with Crippen molar-refractivity contribution in [2.75, 3.05) is 0 Å². The first-order valence-corrected chi connectivity index (χ1v) is 3.98. The minimum absolute atomic E-state index is 0.444. The van der Waals surface area contributed by atoms with Crippen molar-refractivity contribution in [3.63, 3.8) is 0 Å². The molecule has 0 saturated heterocycles. The Bertz CT molecular complexity index is 159. The largest absolute Gasteiger partial charge is 0.397 e. The van der Waals surface area contributed by atoms with Gasteiger partial charge in [0.25, 0.3) is 0 Å². The highest BCUT2D eigenvalue weighted by atomic mass is 32.3. The van der Waals surface area contributed by atoms with Crippen molar-refractivity contribution in [1.29, 1.82) is 0 Å². The molecule has 0 aromatic heterocycles. The molecule has 56 valence electrons. The second-order valence-electron chi connectivity index (χ2n) is 1.74. The zero-order valence-corrected chi connectivity index (χ0v) is 6.18. The summed E-state index contributed by atoms with van der Waals surface area (Å²) in [5.41, 5.74) is 0. The average Bonchev–Trinajstić information content (AvgIpc) is 1.62. The molecule has 0 amide bonds. The lowest BCUT2D eigenvalue weighted by molar-refractivity contribution is 0.194. The molecule has 4 nitrogen and oxygen atoms in total. The highest BCUT2D eigenvalue weighted by molar-refractivity contribution is 7.80. The van der Waals surface area contributed by atoms with Gasteiger partial charge >= 0.3 is 10.4 Å². The Morgan fingerprint density at radius 1 is 1.67 bits per heavy atom. The Balaban J connectivity index is 3.75. The summed E-state index contributed by atoms with van der Waals surface area (Å²) < 4.78 is 32.1. The van der Waals surface area contributed by atoms with Crippen molar-refractivity contribution in [2.45, 2.75) is 26.4 Å². The molecule has 0 rings (SSSR count). The molecule has 1 N–H and O–H groups in total. The second kappa shape index (κ2) is 3.14. The van der Waals surface area contributed by atoms with Gasteiger partial charge in [-0.1, -0.05) is 6.92 Å². The average molecular weight is 154 g/mol. The van der Waals surface area contributed by atoms with Crippen LogP contribution >= 0.6 is 0 Å². The van der Waals surface area contributed by atoms with Crippen LogP contribution in [0.4, 0.5) is 0 Å². The predicted molar refractivity (Wildman–Crippen MR) is 32.4 cm³/mol. The molecule has 0 bridgehead atoms. The first kappa shape index (κ1) is 8.87. The summed E-state index contributed by atoms with van der Waals surface area (Å²) in [6, 6.07) is 0. The monoisotopic (exact) mass is 154 g/mol. The lowest BCUT2D eigenvalue weighted by Gasteiger charge is -2.04. The fourth-order valence-electron chi connectivity index (χ4n) is 0.276. The van der Waals surface area contributed by atoms with Crippen molar-refractivity contribution in [3.8, 4) is 0 Å². The highest BCUT2D eigenvalue weighted by Gasteiger charge is 2.08. The summed E-state index contributed by atoms with van der Waals surface area (Å²) in [5, 5.41) is 0. The minimum atomic E-state index is -4.24. The van der Waals surface area contributed by atoms with Crippen LogP contribution < -0.4 is 0 Å². The van der Waals surface area contributed by atoms with Gasteiger partial charge in [0.05, 0.1) is 6.10 Å². The van der Waals surface area contributed by atoms with Gasteiger partial charge in [0, 0.05) is 0 Å². The summed E-state index contributed by atoms with van der Waals surface area (Å²) in [7, 11) is -4.24. The van der Waals surface area contributed by atoms with Gasteiger partial charge in [0.1, 0.15) is 0 Å². The van der Waals surface area contributed by atoms with Gasteiger partial charge in [-0.2, -0.15) is 8.42 Å². The smallest absolute Gasteiger partial charge is 0.264 e. The first-order valence-electron chi connectivity index (χ1n) is 2.61. The van der Waals surface area contributed by atoms with Crippen molar-refractivity contribution in [2.24, 2.45) is 0 Å². The topological polar surface area (TPSA) is 63.6 Å². The normalized spacial score (nSPS) is 15.4. The molecule has 0 aromatic carbocycles. The first-order chi connectivity index (χ1) is 3.95. The van der Waals surface area contributed by atoms with Gasteiger partial charge in [0.15, 0.2) is 0 Å². The molecule has 0 aliphatic heterocycles. The summed E-state index contributed by atoms with van der Waals surface area (Å²) >= 11 is 0. The highest BCUT2D eigenvalue weighted by Crippen LogP contribution is 1.99. The fourth-order valence-corrected chi connectivity index (χ4v) is 0.827. The SMILES string of the molecule is CC[C@@H](C)OS(=O)(=O)O. The molecule has 5 heteroatoms. The van der Waals surface area contributed by atoms with Gasteiger partial charge in [-0.25, -0.2) is 4.18 Å². The molecule has 0 heterocycles. The number of hydrogen-bond donors (Lipinski definition) is 1. The lowest BCUT2D eigenvalue weighted by atomic mass is 10.3. The van der Waals surface area contributed by atoms with Gasteiger partial charge in [0.2, 0.25) is 0 Å². The molecular formula is C4H10O4S. The van der Waals surface area contributed by atoms with E-state index in [0.29, 0.717) is 6.42 Å². The predicted octanol–water partition coefficient (Wildman–Crippen LogP) is 0.604. The van der Waals surface area contributed by atoms with Crippen LogP contribution in [0.2, 0.25) is 0 Å². The summed E-state index contributed by atoms with van der Waals surface area (Å²) in [6.07, 6.45) is 0.111. The van der Waals surface area contributed by atoms with E-state index in [-0.39, 0.29) is 0 Å². The third-order valence-electron chi connectivity index (χ3n) is 0.861. The molecule has 0 spiro atoms. The Morgan fingerprint density at radius 2 is 2.11 bits per heavy atom. The van der Waals surface area contributed by atoms with Crippen molar-refractivity contribution < 1.29 is 17.2 Å². The van der Waals surface area contributed by atoms with E-state index in [9.17, 15) is 8.42 Å². The van der Waals surface area contributed by atoms with Crippen LogP contribution in [0, 0.1) is 0 Å². The van der Waals surface area contributed by atoms with Crippen molar-refractivity contribution >= 4 is 10.4 Å². The van der Waals surface area contributed by atoms with Crippen LogP contribution in [0.5, 0.6) is 0 Å². The maximum Gasteiger partial charge on any atom is 0.397 e. The van der Waals surface area contributed by atoms with Crippen LogP contribution in [0.3, 0.4) is 0 Å². The molecule has 0 aliphatic rings. The Morgan fingerprint density at radius 3 is 2.22 bits per heavy atom. The minimum Gasteiger partial charge on any atom is -0.264 e. The Labute approximate surface area is 54.8 Å². The van der Waals surface area contributed by atoms with E-state index in [0.717, 1.165) is 0 Å². The van der Waals surface area contributed by atoms with Crippen molar-refractivity contribution in [1.82, 2.24) is 0 Å². The van der Waals surface area contributed by atoms with Gasteiger partial charge < -0.3 is 0 Å². The van der Waals surface area contributed by atoms with Gasteiger partial charge in [-0.3, -0.25) is 4.55 Å². The van der Waals surface area contributed by atoms with E-state index in [1.54, 1.807) is 13.8 Å². The summed E-state index contributed by atoms with van der Waals surface area (Å²) in [5.74, 6) is 0. The second-order valence-corrected chi connectivity index (χ2v) is 2.79. The molecule has 9 heavy (non-hydrogen) atoms. The maximum absolute atomic E-state index is 9.93.